The summed E-state index contributed by atoms with van der Waals surface area (Å²) in [5, 5.41) is 7.81. The molecule has 196 valence electrons. The first-order valence-corrected chi connectivity index (χ1v) is 12.5. The number of aromatic nitrogens is 2. The van der Waals surface area contributed by atoms with Crippen molar-refractivity contribution in [3.05, 3.63) is 70.1 Å². The van der Waals surface area contributed by atoms with Gasteiger partial charge in [-0.3, -0.25) is 14.4 Å². The lowest BCUT2D eigenvalue weighted by Crippen LogP contribution is -2.42. The number of H-pyrrole nitrogens is 1. The van der Waals surface area contributed by atoms with E-state index in [4.69, 9.17) is 9.47 Å². The minimum atomic E-state index is -0.662. The molecule has 4 rings (SSSR count). The van der Waals surface area contributed by atoms with Crippen LogP contribution in [0.4, 0.5) is 0 Å². The van der Waals surface area contributed by atoms with Gasteiger partial charge in [-0.2, -0.15) is 5.10 Å². The lowest BCUT2D eigenvalue weighted by atomic mass is 10.00. The first-order chi connectivity index (χ1) is 17.8. The summed E-state index contributed by atoms with van der Waals surface area (Å²) in [4.78, 5) is 42.5. The molecule has 0 bridgehead atoms. The number of nitrogens with zero attached hydrogens (tertiary/aromatic N) is 3. The molecule has 9 heteroatoms. The van der Waals surface area contributed by atoms with E-state index in [1.807, 2.05) is 30.3 Å². The molecule has 2 aromatic carbocycles. The average Bonchev–Trinajstić information content (AvgIpc) is 3.05. The van der Waals surface area contributed by atoms with E-state index in [-0.39, 0.29) is 42.5 Å². The van der Waals surface area contributed by atoms with E-state index in [0.717, 1.165) is 11.3 Å². The first-order valence-electron chi connectivity index (χ1n) is 12.5. The van der Waals surface area contributed by atoms with Crippen LogP contribution in [0.3, 0.4) is 0 Å². The molecule has 0 unspecified atom stereocenters. The van der Waals surface area contributed by atoms with Crippen LogP contribution in [0.2, 0.25) is 0 Å². The maximum absolute atomic E-state index is 13.7. The summed E-state index contributed by atoms with van der Waals surface area (Å²) < 4.78 is 11.6. The number of hydrogen-bond acceptors (Lipinski definition) is 6. The number of aromatic amines is 1. The standard InChI is InChI=1S/C28H34N4O5/c1-18(2)13-31-14-22(37-17-20-8-7-9-21(12-20)36-4)15-32(16-25(31)33)28(35)19(3)26-23-10-5-6-11-24(23)27(34)30-29-26/h5-12,18-19,22H,13-17H2,1-4H3,(H,30,34)/t19-,22-/m1/s1. The molecule has 2 atom stereocenters. The van der Waals surface area contributed by atoms with E-state index in [0.29, 0.717) is 36.2 Å². The summed E-state index contributed by atoms with van der Waals surface area (Å²) in [7, 11) is 1.62. The topological polar surface area (TPSA) is 105 Å². The van der Waals surface area contributed by atoms with E-state index < -0.39 is 5.92 Å². The number of nitrogens with one attached hydrogen (secondary N) is 1. The number of rotatable bonds is 8. The molecule has 0 spiro atoms. The number of ether oxygens (including phenoxy) is 2. The van der Waals surface area contributed by atoms with Crippen LogP contribution in [0.15, 0.2) is 53.3 Å². The largest absolute Gasteiger partial charge is 0.497 e. The number of carbonyl (C=O) groups excluding carboxylic acids is 2. The molecule has 37 heavy (non-hydrogen) atoms. The highest BCUT2D eigenvalue weighted by molar-refractivity contribution is 5.93. The number of carbonyl (C=O) groups is 2. The zero-order chi connectivity index (χ0) is 26.5. The monoisotopic (exact) mass is 506 g/mol. The van der Waals surface area contributed by atoms with Gasteiger partial charge in [-0.25, -0.2) is 5.10 Å². The van der Waals surface area contributed by atoms with Crippen LogP contribution in [-0.2, 0) is 20.9 Å². The molecular formula is C28H34N4O5. The molecule has 3 aromatic rings. The van der Waals surface area contributed by atoms with Gasteiger partial charge in [0.05, 0.1) is 43.4 Å². The Kier molecular flexibility index (Phi) is 8.23. The Hall–Kier alpha value is -3.72. The van der Waals surface area contributed by atoms with Crippen LogP contribution in [-0.4, -0.2) is 71.2 Å². The normalized spacial score (nSPS) is 17.2. The first kappa shape index (κ1) is 26.3. The maximum Gasteiger partial charge on any atom is 0.272 e. The number of methoxy groups -OCH3 is 1. The van der Waals surface area contributed by atoms with Gasteiger partial charge < -0.3 is 19.3 Å². The number of hydrogen-bond donors (Lipinski definition) is 1. The van der Waals surface area contributed by atoms with E-state index >= 15 is 0 Å². The van der Waals surface area contributed by atoms with Gasteiger partial charge in [-0.15, -0.1) is 0 Å². The van der Waals surface area contributed by atoms with Crippen molar-refractivity contribution >= 4 is 22.6 Å². The Morgan fingerprint density at radius 1 is 1.08 bits per heavy atom. The van der Waals surface area contributed by atoms with Crippen LogP contribution < -0.4 is 10.3 Å². The highest BCUT2D eigenvalue weighted by Crippen LogP contribution is 2.24. The number of benzene rings is 2. The van der Waals surface area contributed by atoms with Gasteiger partial charge in [-0.1, -0.05) is 44.2 Å². The van der Waals surface area contributed by atoms with Crippen LogP contribution in [0, 0.1) is 5.92 Å². The summed E-state index contributed by atoms with van der Waals surface area (Å²) in [6.45, 7) is 7.42. The summed E-state index contributed by atoms with van der Waals surface area (Å²) in [6.07, 6.45) is -0.368. The van der Waals surface area contributed by atoms with Gasteiger partial charge in [0.15, 0.2) is 0 Å². The number of fused-ring (bicyclic) bond motifs is 1. The Labute approximate surface area is 216 Å². The fourth-order valence-corrected chi connectivity index (χ4v) is 4.70. The molecule has 0 aliphatic carbocycles. The van der Waals surface area contributed by atoms with Crippen LogP contribution >= 0.6 is 0 Å². The van der Waals surface area contributed by atoms with E-state index in [1.54, 1.807) is 42.0 Å². The third-order valence-corrected chi connectivity index (χ3v) is 6.55. The number of amides is 2. The van der Waals surface area contributed by atoms with Crippen molar-refractivity contribution in [1.82, 2.24) is 20.0 Å². The van der Waals surface area contributed by atoms with Crippen LogP contribution in [0.5, 0.6) is 5.75 Å². The molecule has 2 heterocycles. The molecular weight excluding hydrogens is 472 g/mol. The second-order valence-corrected chi connectivity index (χ2v) is 9.90. The van der Waals surface area contributed by atoms with Crippen molar-refractivity contribution in [2.75, 3.05) is 33.3 Å². The van der Waals surface area contributed by atoms with E-state index in [1.165, 1.54) is 0 Å². The Bertz CT molecular complexity index is 1320. The summed E-state index contributed by atoms with van der Waals surface area (Å²) in [5.74, 6) is 0.0105. The maximum atomic E-state index is 13.7. The zero-order valence-corrected chi connectivity index (χ0v) is 21.8. The highest BCUT2D eigenvalue weighted by atomic mass is 16.5. The smallest absolute Gasteiger partial charge is 0.272 e. The minimum Gasteiger partial charge on any atom is -0.497 e. The quantitative estimate of drug-likeness (QED) is 0.504. The second-order valence-electron chi connectivity index (χ2n) is 9.90. The van der Waals surface area contributed by atoms with Crippen molar-refractivity contribution in [2.45, 2.75) is 39.4 Å². The zero-order valence-electron chi connectivity index (χ0n) is 21.8. The fourth-order valence-electron chi connectivity index (χ4n) is 4.70. The van der Waals surface area contributed by atoms with Crippen LogP contribution in [0.1, 0.15) is 37.9 Å². The predicted molar refractivity (Wildman–Crippen MR) is 140 cm³/mol. The lowest BCUT2D eigenvalue weighted by molar-refractivity contribution is -0.139. The van der Waals surface area contributed by atoms with Crippen molar-refractivity contribution < 1.29 is 19.1 Å². The van der Waals surface area contributed by atoms with Crippen molar-refractivity contribution in [2.24, 2.45) is 5.92 Å². The van der Waals surface area contributed by atoms with E-state index in [2.05, 4.69) is 24.0 Å². The van der Waals surface area contributed by atoms with Crippen molar-refractivity contribution in [3.8, 4) is 5.75 Å². The van der Waals surface area contributed by atoms with Gasteiger partial charge in [0.1, 0.15) is 5.75 Å². The van der Waals surface area contributed by atoms with E-state index in [9.17, 15) is 14.4 Å². The Morgan fingerprint density at radius 2 is 1.84 bits per heavy atom. The summed E-state index contributed by atoms with van der Waals surface area (Å²) in [6, 6.07) is 14.7. The van der Waals surface area contributed by atoms with Crippen molar-refractivity contribution in [3.63, 3.8) is 0 Å². The Balaban J connectivity index is 1.57. The molecule has 0 saturated carbocycles. The summed E-state index contributed by atoms with van der Waals surface area (Å²) in [5.41, 5.74) is 1.12. The average molecular weight is 507 g/mol. The van der Waals surface area contributed by atoms with Crippen molar-refractivity contribution in [1.29, 1.82) is 0 Å². The second kappa shape index (κ2) is 11.6. The molecule has 1 N–H and O–H groups in total. The molecule has 1 saturated heterocycles. The van der Waals surface area contributed by atoms with Gasteiger partial charge >= 0.3 is 0 Å². The third-order valence-electron chi connectivity index (χ3n) is 6.55. The predicted octanol–water partition coefficient (Wildman–Crippen LogP) is 2.95. The molecule has 9 nitrogen and oxygen atoms in total. The molecule has 2 amide bonds. The van der Waals surface area contributed by atoms with Gasteiger partial charge in [0, 0.05) is 25.0 Å². The SMILES string of the molecule is COc1cccc(CO[C@@H]2CN(CC(C)C)C(=O)CN(C(=O)[C@H](C)c3n[nH]c(=O)c4ccccc34)C2)c1. The summed E-state index contributed by atoms with van der Waals surface area (Å²) >= 11 is 0. The molecule has 1 fully saturated rings. The van der Waals surface area contributed by atoms with Crippen LogP contribution in [0.25, 0.3) is 10.8 Å². The minimum absolute atomic E-state index is 0.0315. The molecule has 1 aliphatic rings. The molecule has 1 aliphatic heterocycles. The van der Waals surface area contributed by atoms with Gasteiger partial charge in [0.25, 0.3) is 5.56 Å². The molecule has 1 aromatic heterocycles. The lowest BCUT2D eigenvalue weighted by Gasteiger charge is -2.26. The van der Waals surface area contributed by atoms with Gasteiger partial charge in [0.2, 0.25) is 11.8 Å². The molecule has 0 radical (unpaired) electrons. The highest BCUT2D eigenvalue weighted by Gasteiger charge is 2.34. The third kappa shape index (κ3) is 6.17. The van der Waals surface area contributed by atoms with Gasteiger partial charge in [-0.05, 0) is 36.6 Å². The Morgan fingerprint density at radius 3 is 2.57 bits per heavy atom. The fraction of sp³-hybridized carbons (Fsp3) is 0.429.